The molecule has 2 aromatic rings. The standard InChI is InChI=1S/C26H31N3O4S/c1-19(30)28-15-11-20-7-3-4-8-23(20)25(28)18-26(31)29-16-12-21-17-22(9-10-24(21)29)34(32,33)27-13-5-2-6-14-27/h3-4,7-10,17,25H,2,5-6,11-16,18H2,1H3. The number of fused-ring (bicyclic) bond motifs is 2. The van der Waals surface area contributed by atoms with Crippen molar-refractivity contribution in [3.63, 3.8) is 0 Å². The third kappa shape index (κ3) is 4.14. The van der Waals surface area contributed by atoms with E-state index in [2.05, 4.69) is 6.07 Å². The van der Waals surface area contributed by atoms with Gasteiger partial charge in [0.05, 0.1) is 17.4 Å². The lowest BCUT2D eigenvalue weighted by molar-refractivity contribution is -0.133. The Morgan fingerprint density at radius 2 is 1.65 bits per heavy atom. The summed E-state index contributed by atoms with van der Waals surface area (Å²) >= 11 is 0. The Balaban J connectivity index is 1.37. The summed E-state index contributed by atoms with van der Waals surface area (Å²) in [6, 6.07) is 12.9. The van der Waals surface area contributed by atoms with Gasteiger partial charge in [-0.3, -0.25) is 9.59 Å². The molecule has 1 fully saturated rings. The summed E-state index contributed by atoms with van der Waals surface area (Å²) in [6.07, 6.45) is 4.50. The zero-order valence-corrected chi connectivity index (χ0v) is 20.4. The van der Waals surface area contributed by atoms with Crippen molar-refractivity contribution < 1.29 is 18.0 Å². The Bertz CT molecular complexity index is 1220. The highest BCUT2D eigenvalue weighted by Crippen LogP contribution is 2.36. The van der Waals surface area contributed by atoms with E-state index in [0.717, 1.165) is 42.5 Å². The molecule has 0 bridgehead atoms. The Kier molecular flexibility index (Phi) is 6.20. The number of nitrogens with zero attached hydrogens (tertiary/aromatic N) is 3. The molecule has 3 aliphatic heterocycles. The fourth-order valence-electron chi connectivity index (χ4n) is 5.58. The summed E-state index contributed by atoms with van der Waals surface area (Å²) in [4.78, 5) is 29.6. The quantitative estimate of drug-likeness (QED) is 0.672. The van der Waals surface area contributed by atoms with Gasteiger partial charge in [-0.15, -0.1) is 0 Å². The van der Waals surface area contributed by atoms with Crippen molar-refractivity contribution in [2.75, 3.05) is 31.1 Å². The molecule has 8 heteroatoms. The maximum Gasteiger partial charge on any atom is 0.243 e. The number of carbonyl (C=O) groups excluding carboxylic acids is 2. The first-order valence-electron chi connectivity index (χ1n) is 12.1. The van der Waals surface area contributed by atoms with Crippen LogP contribution in [0, 0.1) is 0 Å². The van der Waals surface area contributed by atoms with E-state index in [1.807, 2.05) is 18.2 Å². The van der Waals surface area contributed by atoms with Gasteiger partial charge in [0.2, 0.25) is 21.8 Å². The molecular formula is C26H31N3O4S. The van der Waals surface area contributed by atoms with Crippen LogP contribution < -0.4 is 4.90 Å². The Morgan fingerprint density at radius 3 is 2.41 bits per heavy atom. The first-order chi connectivity index (χ1) is 16.4. The van der Waals surface area contributed by atoms with Crippen LogP contribution in [0.15, 0.2) is 47.4 Å². The predicted octanol–water partition coefficient (Wildman–Crippen LogP) is 3.29. The summed E-state index contributed by atoms with van der Waals surface area (Å²) in [5.41, 5.74) is 3.90. The van der Waals surface area contributed by atoms with Gasteiger partial charge < -0.3 is 9.80 Å². The van der Waals surface area contributed by atoms with Crippen LogP contribution >= 0.6 is 0 Å². The molecule has 180 valence electrons. The summed E-state index contributed by atoms with van der Waals surface area (Å²) in [5, 5.41) is 0. The van der Waals surface area contributed by atoms with Gasteiger partial charge in [-0.1, -0.05) is 30.7 Å². The van der Waals surface area contributed by atoms with Gasteiger partial charge in [-0.05, 0) is 60.6 Å². The highest BCUT2D eigenvalue weighted by molar-refractivity contribution is 7.89. The monoisotopic (exact) mass is 481 g/mol. The molecule has 7 nitrogen and oxygen atoms in total. The number of hydrogen-bond acceptors (Lipinski definition) is 4. The van der Waals surface area contributed by atoms with Crippen LogP contribution in [0.25, 0.3) is 0 Å². The lowest BCUT2D eigenvalue weighted by atomic mass is 9.90. The predicted molar refractivity (Wildman–Crippen MR) is 130 cm³/mol. The minimum absolute atomic E-state index is 0.0262. The van der Waals surface area contributed by atoms with Crippen LogP contribution in [0.1, 0.15) is 55.3 Å². The normalized spacial score (nSPS) is 20.7. The van der Waals surface area contributed by atoms with E-state index in [1.165, 1.54) is 5.56 Å². The zero-order chi connectivity index (χ0) is 23.9. The number of benzene rings is 2. The topological polar surface area (TPSA) is 78.0 Å². The van der Waals surface area contributed by atoms with Crippen molar-refractivity contribution in [2.24, 2.45) is 0 Å². The number of amides is 2. The van der Waals surface area contributed by atoms with E-state index in [4.69, 9.17) is 0 Å². The van der Waals surface area contributed by atoms with Crippen molar-refractivity contribution in [1.82, 2.24) is 9.21 Å². The van der Waals surface area contributed by atoms with Crippen LogP contribution in [0.5, 0.6) is 0 Å². The van der Waals surface area contributed by atoms with Crippen molar-refractivity contribution in [3.8, 4) is 0 Å². The molecule has 0 N–H and O–H groups in total. The van der Waals surface area contributed by atoms with Crippen molar-refractivity contribution in [2.45, 2.75) is 56.4 Å². The molecule has 5 rings (SSSR count). The molecule has 2 amide bonds. The molecule has 34 heavy (non-hydrogen) atoms. The number of sulfonamides is 1. The number of anilines is 1. The highest BCUT2D eigenvalue weighted by atomic mass is 32.2. The highest BCUT2D eigenvalue weighted by Gasteiger charge is 2.34. The van der Waals surface area contributed by atoms with Gasteiger partial charge in [0.1, 0.15) is 0 Å². The minimum atomic E-state index is -3.51. The summed E-state index contributed by atoms with van der Waals surface area (Å²) < 4.78 is 27.8. The van der Waals surface area contributed by atoms with Gasteiger partial charge in [-0.2, -0.15) is 4.31 Å². The molecule has 0 aliphatic carbocycles. The van der Waals surface area contributed by atoms with E-state index in [1.54, 1.807) is 39.2 Å². The van der Waals surface area contributed by atoms with Gasteiger partial charge in [0.25, 0.3) is 0 Å². The van der Waals surface area contributed by atoms with Crippen LogP contribution in [-0.2, 0) is 32.5 Å². The number of piperidine rings is 1. The van der Waals surface area contributed by atoms with Gasteiger partial charge >= 0.3 is 0 Å². The van der Waals surface area contributed by atoms with Crippen molar-refractivity contribution in [3.05, 3.63) is 59.2 Å². The minimum Gasteiger partial charge on any atom is -0.335 e. The molecule has 0 saturated carbocycles. The summed E-state index contributed by atoms with van der Waals surface area (Å²) in [7, 11) is -3.51. The van der Waals surface area contributed by atoms with Gasteiger partial charge in [0, 0.05) is 38.8 Å². The summed E-state index contributed by atoms with van der Waals surface area (Å²) in [6.45, 7) is 3.83. The van der Waals surface area contributed by atoms with Gasteiger partial charge in [0.15, 0.2) is 0 Å². The lowest BCUT2D eigenvalue weighted by Gasteiger charge is -2.37. The molecular weight excluding hydrogens is 450 g/mol. The zero-order valence-electron chi connectivity index (χ0n) is 19.6. The second-order valence-corrected chi connectivity index (χ2v) is 11.4. The maximum atomic E-state index is 13.4. The molecule has 1 atom stereocenters. The Labute approximate surface area is 201 Å². The molecule has 1 unspecified atom stereocenters. The molecule has 0 radical (unpaired) electrons. The largest absolute Gasteiger partial charge is 0.335 e. The third-order valence-electron chi connectivity index (χ3n) is 7.39. The van der Waals surface area contributed by atoms with E-state index in [-0.39, 0.29) is 24.3 Å². The number of rotatable bonds is 4. The fourth-order valence-corrected chi connectivity index (χ4v) is 7.14. The van der Waals surface area contributed by atoms with Crippen LogP contribution in [-0.4, -0.2) is 55.6 Å². The van der Waals surface area contributed by atoms with Crippen molar-refractivity contribution >= 4 is 27.5 Å². The van der Waals surface area contributed by atoms with E-state index in [0.29, 0.717) is 37.5 Å². The van der Waals surface area contributed by atoms with Gasteiger partial charge in [-0.25, -0.2) is 8.42 Å². The maximum absolute atomic E-state index is 13.4. The SMILES string of the molecule is CC(=O)N1CCc2ccccc2C1CC(=O)N1CCc2cc(S(=O)(=O)N3CCCCC3)ccc21. The summed E-state index contributed by atoms with van der Waals surface area (Å²) in [5.74, 6) is -0.0694. The van der Waals surface area contributed by atoms with Crippen LogP contribution in [0.3, 0.4) is 0 Å². The molecule has 3 heterocycles. The van der Waals surface area contributed by atoms with Crippen LogP contribution in [0.4, 0.5) is 5.69 Å². The van der Waals surface area contributed by atoms with Crippen LogP contribution in [0.2, 0.25) is 0 Å². The molecule has 0 spiro atoms. The Morgan fingerprint density at radius 1 is 0.912 bits per heavy atom. The molecule has 1 saturated heterocycles. The average Bonchev–Trinajstić information content (AvgIpc) is 3.28. The molecule has 0 aromatic heterocycles. The second-order valence-electron chi connectivity index (χ2n) is 9.43. The Hall–Kier alpha value is -2.71. The first-order valence-corrected chi connectivity index (χ1v) is 13.6. The fraction of sp³-hybridized carbons (Fsp3) is 0.462. The molecule has 2 aromatic carbocycles. The smallest absolute Gasteiger partial charge is 0.243 e. The van der Waals surface area contributed by atoms with E-state index < -0.39 is 10.0 Å². The lowest BCUT2D eigenvalue weighted by Crippen LogP contribution is -2.42. The van der Waals surface area contributed by atoms with E-state index >= 15 is 0 Å². The number of hydrogen-bond donors (Lipinski definition) is 0. The average molecular weight is 482 g/mol. The first kappa shape index (κ1) is 23.1. The third-order valence-corrected chi connectivity index (χ3v) is 9.28. The molecule has 3 aliphatic rings. The van der Waals surface area contributed by atoms with E-state index in [9.17, 15) is 18.0 Å². The second kappa shape index (κ2) is 9.15. The van der Waals surface area contributed by atoms with Crippen molar-refractivity contribution in [1.29, 1.82) is 0 Å². The number of carbonyl (C=O) groups is 2.